The lowest BCUT2D eigenvalue weighted by molar-refractivity contribution is -0.168. The average molecular weight is 302 g/mol. The van der Waals surface area contributed by atoms with E-state index in [9.17, 15) is 18.0 Å². The van der Waals surface area contributed by atoms with Crippen LogP contribution in [0.5, 0.6) is 0 Å². The Morgan fingerprint density at radius 2 is 2.31 bits per heavy atom. The number of alkyl halides is 4. The van der Waals surface area contributed by atoms with Crippen molar-refractivity contribution in [3.8, 4) is 0 Å². The summed E-state index contributed by atoms with van der Waals surface area (Å²) in [6.07, 6.45) is -2.09. The molecular formula is C9H11BrF3NO2. The Bertz CT molecular complexity index is 274. The molecule has 16 heavy (non-hydrogen) atoms. The molecule has 0 saturated carbocycles. The van der Waals surface area contributed by atoms with Gasteiger partial charge in [0.25, 0.3) is 5.78 Å². The van der Waals surface area contributed by atoms with Crippen molar-refractivity contribution < 1.29 is 22.7 Å². The molecule has 0 aromatic carbocycles. The number of ketones is 1. The molecule has 1 saturated heterocycles. The van der Waals surface area contributed by atoms with E-state index in [2.05, 4.69) is 20.9 Å². The molecule has 2 atom stereocenters. The fourth-order valence-electron chi connectivity index (χ4n) is 1.28. The Morgan fingerprint density at radius 1 is 1.62 bits per heavy atom. The third-order valence-corrected chi connectivity index (χ3v) is 2.75. The number of hydrogen-bond donors (Lipinski definition) is 0. The molecule has 0 bridgehead atoms. The van der Waals surface area contributed by atoms with Crippen LogP contribution in [0, 0.1) is 0 Å². The monoisotopic (exact) mass is 301 g/mol. The SMILES string of the molecule is O=C(C(Br)C=NC[C@@H]1CCCO1)C(F)(F)F. The summed E-state index contributed by atoms with van der Waals surface area (Å²) >= 11 is 2.63. The van der Waals surface area contributed by atoms with Crippen LogP contribution in [-0.4, -0.2) is 42.3 Å². The lowest BCUT2D eigenvalue weighted by atomic mass is 10.2. The molecule has 0 aromatic rings. The highest BCUT2D eigenvalue weighted by molar-refractivity contribution is 9.10. The summed E-state index contributed by atoms with van der Waals surface area (Å²) < 4.78 is 41.1. The van der Waals surface area contributed by atoms with Crippen molar-refractivity contribution in [1.29, 1.82) is 0 Å². The number of carbonyl (C=O) groups excluding carboxylic acids is 1. The Labute approximate surface area is 99.2 Å². The maximum atomic E-state index is 12.0. The van der Waals surface area contributed by atoms with Crippen molar-refractivity contribution in [2.45, 2.75) is 29.9 Å². The van der Waals surface area contributed by atoms with Gasteiger partial charge in [-0.1, -0.05) is 15.9 Å². The summed E-state index contributed by atoms with van der Waals surface area (Å²) in [5.74, 6) is -1.84. The zero-order valence-corrected chi connectivity index (χ0v) is 9.92. The predicted octanol–water partition coefficient (Wildman–Crippen LogP) is 2.13. The topological polar surface area (TPSA) is 38.7 Å². The summed E-state index contributed by atoms with van der Waals surface area (Å²) in [5.41, 5.74) is 0. The van der Waals surface area contributed by atoms with Gasteiger partial charge in [0.2, 0.25) is 0 Å². The van der Waals surface area contributed by atoms with Crippen molar-refractivity contribution in [3.05, 3.63) is 0 Å². The van der Waals surface area contributed by atoms with Gasteiger partial charge < -0.3 is 4.74 Å². The molecule has 3 nitrogen and oxygen atoms in total. The fourth-order valence-corrected chi connectivity index (χ4v) is 1.71. The minimum atomic E-state index is -4.83. The average Bonchev–Trinajstić information content (AvgIpc) is 2.67. The third-order valence-electron chi connectivity index (χ3n) is 2.10. The van der Waals surface area contributed by atoms with Crippen LogP contribution in [0.25, 0.3) is 0 Å². The van der Waals surface area contributed by atoms with Gasteiger partial charge in [-0.2, -0.15) is 13.2 Å². The summed E-state index contributed by atoms with van der Waals surface area (Å²) in [4.78, 5) is 13.1. The van der Waals surface area contributed by atoms with Gasteiger partial charge in [-0.3, -0.25) is 9.79 Å². The predicted molar refractivity (Wildman–Crippen MR) is 56.1 cm³/mol. The highest BCUT2D eigenvalue weighted by Gasteiger charge is 2.41. The molecular weight excluding hydrogens is 291 g/mol. The molecule has 7 heteroatoms. The van der Waals surface area contributed by atoms with Gasteiger partial charge in [-0.25, -0.2) is 0 Å². The second-order valence-electron chi connectivity index (χ2n) is 3.41. The van der Waals surface area contributed by atoms with E-state index in [1.54, 1.807) is 0 Å². The van der Waals surface area contributed by atoms with E-state index in [4.69, 9.17) is 4.74 Å². The van der Waals surface area contributed by atoms with Crippen LogP contribution in [0.15, 0.2) is 4.99 Å². The Morgan fingerprint density at radius 3 is 2.81 bits per heavy atom. The zero-order chi connectivity index (χ0) is 12.2. The summed E-state index contributed by atoms with van der Waals surface area (Å²) in [6, 6.07) is 0. The number of hydrogen-bond acceptors (Lipinski definition) is 3. The molecule has 1 fully saturated rings. The van der Waals surface area contributed by atoms with E-state index in [0.29, 0.717) is 13.2 Å². The number of rotatable bonds is 4. The van der Waals surface area contributed by atoms with Crippen LogP contribution >= 0.6 is 15.9 Å². The second-order valence-corrected chi connectivity index (χ2v) is 4.40. The molecule has 0 spiro atoms. The van der Waals surface area contributed by atoms with Gasteiger partial charge in [-0.05, 0) is 12.8 Å². The van der Waals surface area contributed by atoms with Crippen molar-refractivity contribution in [2.24, 2.45) is 4.99 Å². The van der Waals surface area contributed by atoms with Crippen molar-refractivity contribution in [3.63, 3.8) is 0 Å². The largest absolute Gasteiger partial charge is 0.451 e. The highest BCUT2D eigenvalue weighted by atomic mass is 79.9. The molecule has 0 aromatic heterocycles. The molecule has 1 aliphatic rings. The first-order valence-corrected chi connectivity index (χ1v) is 5.69. The van der Waals surface area contributed by atoms with Crippen LogP contribution in [0.1, 0.15) is 12.8 Å². The van der Waals surface area contributed by atoms with Crippen molar-refractivity contribution >= 4 is 27.9 Å². The van der Waals surface area contributed by atoms with E-state index >= 15 is 0 Å². The third kappa shape index (κ3) is 4.21. The number of nitrogens with zero attached hydrogens (tertiary/aromatic N) is 1. The number of Topliss-reactive ketones (excluding diaryl/α,β-unsaturated/α-hetero) is 1. The van der Waals surface area contributed by atoms with Crippen LogP contribution < -0.4 is 0 Å². The first kappa shape index (κ1) is 13.6. The minimum Gasteiger partial charge on any atom is -0.376 e. The normalized spacial score (nSPS) is 23.9. The lowest BCUT2D eigenvalue weighted by Crippen LogP contribution is -2.31. The van der Waals surface area contributed by atoms with E-state index < -0.39 is 16.8 Å². The maximum absolute atomic E-state index is 12.0. The summed E-state index contributed by atoms with van der Waals surface area (Å²) in [5, 5.41) is 0. The van der Waals surface area contributed by atoms with E-state index in [1.165, 1.54) is 0 Å². The molecule has 0 aliphatic carbocycles. The van der Waals surface area contributed by atoms with Crippen LogP contribution in [-0.2, 0) is 9.53 Å². The summed E-state index contributed by atoms with van der Waals surface area (Å²) in [7, 11) is 0. The number of aliphatic imine (C=N–C) groups is 1. The van der Waals surface area contributed by atoms with E-state index in [-0.39, 0.29) is 6.10 Å². The van der Waals surface area contributed by atoms with Gasteiger partial charge in [0.05, 0.1) is 12.6 Å². The van der Waals surface area contributed by atoms with Crippen molar-refractivity contribution in [1.82, 2.24) is 0 Å². The number of ether oxygens (including phenoxy) is 1. The Hall–Kier alpha value is -0.430. The molecule has 1 rings (SSSR count). The summed E-state index contributed by atoms with van der Waals surface area (Å²) in [6.45, 7) is 0.965. The lowest BCUT2D eigenvalue weighted by Gasteiger charge is -2.08. The standard InChI is InChI=1S/C9H11BrF3NO2/c10-7(8(15)9(11,12)13)5-14-4-6-2-1-3-16-6/h5-7H,1-4H2/t6-,7?/m0/s1. The van der Waals surface area contributed by atoms with Crippen molar-refractivity contribution in [2.75, 3.05) is 13.2 Å². The second kappa shape index (κ2) is 5.77. The van der Waals surface area contributed by atoms with Crippen LogP contribution in [0.2, 0.25) is 0 Å². The van der Waals surface area contributed by atoms with Crippen LogP contribution in [0.3, 0.4) is 0 Å². The number of carbonyl (C=O) groups is 1. The molecule has 0 N–H and O–H groups in total. The number of halogens is 4. The first-order valence-electron chi connectivity index (χ1n) is 4.78. The van der Waals surface area contributed by atoms with Crippen LogP contribution in [0.4, 0.5) is 13.2 Å². The fraction of sp³-hybridized carbons (Fsp3) is 0.778. The Kier molecular flexibility index (Phi) is 4.91. The molecule has 1 aliphatic heterocycles. The highest BCUT2D eigenvalue weighted by Crippen LogP contribution is 2.20. The molecule has 92 valence electrons. The van der Waals surface area contributed by atoms with E-state index in [0.717, 1.165) is 19.1 Å². The minimum absolute atomic E-state index is 0.0306. The zero-order valence-electron chi connectivity index (χ0n) is 8.34. The van der Waals surface area contributed by atoms with Gasteiger partial charge in [-0.15, -0.1) is 0 Å². The van der Waals surface area contributed by atoms with Gasteiger partial charge in [0.1, 0.15) is 4.83 Å². The quantitative estimate of drug-likeness (QED) is 0.589. The van der Waals surface area contributed by atoms with E-state index in [1.807, 2.05) is 0 Å². The van der Waals surface area contributed by atoms with Gasteiger partial charge >= 0.3 is 6.18 Å². The molecule has 0 amide bonds. The molecule has 0 radical (unpaired) electrons. The smallest absolute Gasteiger partial charge is 0.376 e. The van der Waals surface area contributed by atoms with Gasteiger partial charge in [0.15, 0.2) is 0 Å². The Balaban J connectivity index is 2.35. The molecule has 1 unspecified atom stereocenters. The molecule has 1 heterocycles. The maximum Gasteiger partial charge on any atom is 0.451 e. The first-order chi connectivity index (χ1) is 7.41. The van der Waals surface area contributed by atoms with Gasteiger partial charge in [0, 0.05) is 12.8 Å².